The monoisotopic (exact) mass is 590 g/mol. The molecule has 0 radical (unpaired) electrons. The van der Waals surface area contributed by atoms with Gasteiger partial charge in [-0.05, 0) is 38.5 Å². The zero-order valence-electron chi connectivity index (χ0n) is 25.5. The molecule has 2 N–H and O–H groups in total. The molecule has 236 valence electrons. The minimum Gasteiger partial charge on any atom is -0.462 e. The van der Waals surface area contributed by atoms with Gasteiger partial charge in [0, 0.05) is 12.8 Å². The number of unbranched alkanes of at least 4 members (excludes halogenated alkanes) is 17. The maximum atomic E-state index is 12.3. The lowest BCUT2D eigenvalue weighted by Crippen LogP contribution is -2.29. The summed E-state index contributed by atoms with van der Waals surface area (Å²) < 4.78 is 26.1. The number of hydrogen-bond donors (Lipinski definition) is 2. The van der Waals surface area contributed by atoms with Crippen molar-refractivity contribution in [2.24, 2.45) is 0 Å². The summed E-state index contributed by atoms with van der Waals surface area (Å²) in [6, 6.07) is 0. The molecule has 0 aliphatic carbocycles. The van der Waals surface area contributed by atoms with Crippen molar-refractivity contribution in [2.75, 3.05) is 13.2 Å². The van der Waals surface area contributed by atoms with Gasteiger partial charge >= 0.3 is 19.8 Å². The molecule has 0 aliphatic rings. The lowest BCUT2D eigenvalue weighted by Gasteiger charge is -2.18. The van der Waals surface area contributed by atoms with E-state index in [0.717, 1.165) is 57.8 Å². The second-order valence-electron chi connectivity index (χ2n) is 10.8. The molecule has 0 saturated heterocycles. The van der Waals surface area contributed by atoms with Crippen LogP contribution >= 0.6 is 7.82 Å². The number of esters is 2. The number of carbonyl (C=O) groups excluding carboxylic acids is 2. The Morgan fingerprint density at radius 3 is 1.52 bits per heavy atom. The number of phosphoric acid groups is 1. The molecular formula is C31H59O8P. The molecular weight excluding hydrogens is 531 g/mol. The highest BCUT2D eigenvalue weighted by atomic mass is 31.2. The number of hydrogen-bond acceptors (Lipinski definition) is 6. The van der Waals surface area contributed by atoms with Gasteiger partial charge in [-0.2, -0.15) is 0 Å². The predicted molar refractivity (Wildman–Crippen MR) is 161 cm³/mol. The lowest BCUT2D eigenvalue weighted by molar-refractivity contribution is -0.161. The molecule has 1 atom stereocenters. The van der Waals surface area contributed by atoms with Crippen LogP contribution in [0.2, 0.25) is 0 Å². The van der Waals surface area contributed by atoms with Gasteiger partial charge in [0.15, 0.2) is 6.10 Å². The Kier molecular flexibility index (Phi) is 27.1. The fraction of sp³-hybridized carbons (Fsp3) is 0.871. The van der Waals surface area contributed by atoms with Gasteiger partial charge in [-0.25, -0.2) is 4.57 Å². The first-order valence-electron chi connectivity index (χ1n) is 16.0. The summed E-state index contributed by atoms with van der Waals surface area (Å²) in [5.41, 5.74) is 0. The van der Waals surface area contributed by atoms with Gasteiger partial charge in [0.05, 0.1) is 6.61 Å². The Labute approximate surface area is 244 Å². The van der Waals surface area contributed by atoms with Gasteiger partial charge in [-0.3, -0.25) is 14.1 Å². The van der Waals surface area contributed by atoms with Crippen LogP contribution in [0.25, 0.3) is 0 Å². The Hall–Kier alpha value is -1.21. The molecule has 0 amide bonds. The van der Waals surface area contributed by atoms with Crippen molar-refractivity contribution in [3.05, 3.63) is 12.2 Å². The standard InChI is InChI=1S/C31H59O8P/c1-3-5-7-9-11-12-13-14-15-16-17-18-20-22-24-26-31(33)39-29(28-38-40(34,35)36)27-37-30(32)25-23-21-19-10-8-6-4-2/h14-15,29H,3-13,16-28H2,1-2H3,(H2,34,35,36)/b15-14-. The van der Waals surface area contributed by atoms with Crippen LogP contribution in [0.5, 0.6) is 0 Å². The summed E-state index contributed by atoms with van der Waals surface area (Å²) in [5, 5.41) is 0. The molecule has 0 spiro atoms. The number of allylic oxidation sites excluding steroid dienone is 2. The van der Waals surface area contributed by atoms with Gasteiger partial charge in [0.1, 0.15) is 6.61 Å². The smallest absolute Gasteiger partial charge is 0.462 e. The van der Waals surface area contributed by atoms with Gasteiger partial charge < -0.3 is 19.3 Å². The fourth-order valence-corrected chi connectivity index (χ4v) is 4.73. The maximum Gasteiger partial charge on any atom is 0.469 e. The largest absolute Gasteiger partial charge is 0.469 e. The molecule has 0 aromatic carbocycles. The Balaban J connectivity index is 4.00. The highest BCUT2D eigenvalue weighted by Crippen LogP contribution is 2.35. The number of carbonyl (C=O) groups is 2. The van der Waals surface area contributed by atoms with Crippen LogP contribution in [-0.2, 0) is 28.2 Å². The number of ether oxygens (including phenoxy) is 2. The molecule has 8 nitrogen and oxygen atoms in total. The highest BCUT2D eigenvalue weighted by Gasteiger charge is 2.22. The maximum absolute atomic E-state index is 12.3. The summed E-state index contributed by atoms with van der Waals surface area (Å²) in [7, 11) is -4.73. The van der Waals surface area contributed by atoms with Gasteiger partial charge in [-0.15, -0.1) is 0 Å². The molecule has 0 aromatic heterocycles. The average Bonchev–Trinajstić information content (AvgIpc) is 2.91. The number of rotatable bonds is 29. The molecule has 0 bridgehead atoms. The van der Waals surface area contributed by atoms with E-state index < -0.39 is 32.5 Å². The van der Waals surface area contributed by atoms with Crippen molar-refractivity contribution >= 4 is 19.8 Å². The summed E-state index contributed by atoms with van der Waals surface area (Å²) in [5.74, 6) is -0.900. The van der Waals surface area contributed by atoms with E-state index >= 15 is 0 Å². The van der Waals surface area contributed by atoms with Crippen molar-refractivity contribution in [1.29, 1.82) is 0 Å². The molecule has 0 fully saturated rings. The third-order valence-corrected chi connectivity index (χ3v) is 7.27. The third kappa shape index (κ3) is 29.8. The SMILES string of the molecule is CCCCCCCC/C=C\CCCCCCCC(=O)OC(COC(=O)CCCCCCCCC)COP(=O)(O)O. The second kappa shape index (κ2) is 27.9. The highest BCUT2D eigenvalue weighted by molar-refractivity contribution is 7.46. The molecule has 9 heteroatoms. The van der Waals surface area contributed by atoms with E-state index in [1.54, 1.807) is 0 Å². The zero-order chi connectivity index (χ0) is 29.7. The zero-order valence-corrected chi connectivity index (χ0v) is 26.4. The first-order valence-corrected chi connectivity index (χ1v) is 17.5. The molecule has 0 aliphatic heterocycles. The van der Waals surface area contributed by atoms with Gasteiger partial charge in [-0.1, -0.05) is 116 Å². The van der Waals surface area contributed by atoms with Crippen molar-refractivity contribution in [3.8, 4) is 0 Å². The van der Waals surface area contributed by atoms with Crippen LogP contribution in [-0.4, -0.2) is 41.0 Å². The quantitative estimate of drug-likeness (QED) is 0.0384. The van der Waals surface area contributed by atoms with Gasteiger partial charge in [0.2, 0.25) is 0 Å². The average molecular weight is 591 g/mol. The topological polar surface area (TPSA) is 119 Å². The molecule has 0 aromatic rings. The van der Waals surface area contributed by atoms with Crippen molar-refractivity contribution < 1.29 is 37.9 Å². The van der Waals surface area contributed by atoms with E-state index in [4.69, 9.17) is 19.3 Å². The lowest BCUT2D eigenvalue weighted by atomic mass is 10.1. The molecule has 1 unspecified atom stereocenters. The van der Waals surface area contributed by atoms with E-state index in [1.807, 2.05) is 0 Å². The number of phosphoric ester groups is 1. The summed E-state index contributed by atoms with van der Waals surface area (Å²) in [6.07, 6.45) is 26.7. The van der Waals surface area contributed by atoms with Gasteiger partial charge in [0.25, 0.3) is 0 Å². The van der Waals surface area contributed by atoms with E-state index in [2.05, 4.69) is 30.5 Å². The minimum atomic E-state index is -4.73. The summed E-state index contributed by atoms with van der Waals surface area (Å²) >= 11 is 0. The summed E-state index contributed by atoms with van der Waals surface area (Å²) in [6.45, 7) is 3.59. The van der Waals surface area contributed by atoms with Crippen LogP contribution in [0.1, 0.15) is 155 Å². The van der Waals surface area contributed by atoms with Crippen LogP contribution in [0.3, 0.4) is 0 Å². The third-order valence-electron chi connectivity index (χ3n) is 6.78. The fourth-order valence-electron chi connectivity index (χ4n) is 4.37. The predicted octanol–water partition coefficient (Wildman–Crippen LogP) is 8.73. The van der Waals surface area contributed by atoms with E-state index in [1.165, 1.54) is 64.2 Å². The van der Waals surface area contributed by atoms with E-state index in [0.29, 0.717) is 6.42 Å². The first kappa shape index (κ1) is 38.8. The second-order valence-corrected chi connectivity index (χ2v) is 12.0. The summed E-state index contributed by atoms with van der Waals surface area (Å²) in [4.78, 5) is 42.3. The van der Waals surface area contributed by atoms with Crippen molar-refractivity contribution in [3.63, 3.8) is 0 Å². The Morgan fingerprint density at radius 1 is 0.625 bits per heavy atom. The van der Waals surface area contributed by atoms with Crippen LogP contribution in [0.4, 0.5) is 0 Å². The Bertz CT molecular complexity index is 676. The molecule has 0 heterocycles. The molecule has 0 rings (SSSR count). The van der Waals surface area contributed by atoms with Crippen molar-refractivity contribution in [2.45, 2.75) is 161 Å². The molecule has 0 saturated carbocycles. The van der Waals surface area contributed by atoms with Crippen LogP contribution in [0, 0.1) is 0 Å². The Morgan fingerprint density at radius 2 is 1.05 bits per heavy atom. The normalized spacial score (nSPS) is 12.6. The minimum absolute atomic E-state index is 0.205. The van der Waals surface area contributed by atoms with E-state index in [-0.39, 0.29) is 19.4 Å². The van der Waals surface area contributed by atoms with Crippen LogP contribution < -0.4 is 0 Å². The molecule has 40 heavy (non-hydrogen) atoms. The van der Waals surface area contributed by atoms with Crippen LogP contribution in [0.15, 0.2) is 12.2 Å². The first-order chi connectivity index (χ1) is 19.3. The van der Waals surface area contributed by atoms with E-state index in [9.17, 15) is 14.2 Å². The van der Waals surface area contributed by atoms with Crippen molar-refractivity contribution in [1.82, 2.24) is 0 Å².